The Morgan fingerprint density at radius 2 is 2.28 bits per heavy atom. The molecule has 1 aromatic rings. The highest BCUT2D eigenvalue weighted by Gasteiger charge is 2.39. The highest BCUT2D eigenvalue weighted by Crippen LogP contribution is 2.44. The van der Waals surface area contributed by atoms with Crippen LogP contribution in [0.1, 0.15) is 59.9 Å². The second kappa shape index (κ2) is 5.10. The van der Waals surface area contributed by atoms with Crippen molar-refractivity contribution >= 4 is 17.1 Å². The third-order valence-corrected chi connectivity index (χ3v) is 5.30. The summed E-state index contributed by atoms with van der Waals surface area (Å²) in [5.41, 5.74) is 0.581. The first-order valence-electron chi connectivity index (χ1n) is 6.52. The van der Waals surface area contributed by atoms with Gasteiger partial charge >= 0.3 is 0 Å². The lowest BCUT2D eigenvalue weighted by Gasteiger charge is -2.37. The van der Waals surface area contributed by atoms with Gasteiger partial charge in [0.25, 0.3) is 0 Å². The minimum absolute atomic E-state index is 0.103. The van der Waals surface area contributed by atoms with Crippen molar-refractivity contribution in [2.75, 3.05) is 7.11 Å². The summed E-state index contributed by atoms with van der Waals surface area (Å²) in [6.07, 6.45) is 4.45. The molecule has 0 bridgehead atoms. The fourth-order valence-electron chi connectivity index (χ4n) is 2.89. The molecule has 3 nitrogen and oxygen atoms in total. The van der Waals surface area contributed by atoms with Gasteiger partial charge in [0.1, 0.15) is 10.6 Å². The first-order valence-corrected chi connectivity index (χ1v) is 7.34. The highest BCUT2D eigenvalue weighted by molar-refractivity contribution is 7.14. The second-order valence-corrected chi connectivity index (χ2v) is 6.39. The summed E-state index contributed by atoms with van der Waals surface area (Å²) in [4.78, 5) is 16.9. The van der Waals surface area contributed by atoms with Crippen LogP contribution in [0, 0.1) is 12.8 Å². The Kier molecular flexibility index (Phi) is 3.87. The molecular formula is C14H21NO2S. The normalized spacial score (nSPS) is 28.3. The lowest BCUT2D eigenvalue weighted by Crippen LogP contribution is -2.34. The molecule has 2 atom stereocenters. The number of carbonyl (C=O) groups is 1. The van der Waals surface area contributed by atoms with Crippen LogP contribution >= 0.6 is 11.3 Å². The van der Waals surface area contributed by atoms with Gasteiger partial charge in [0, 0.05) is 14.0 Å². The Labute approximate surface area is 113 Å². The van der Waals surface area contributed by atoms with Crippen molar-refractivity contribution in [2.24, 2.45) is 5.92 Å². The Balaban J connectivity index is 2.38. The van der Waals surface area contributed by atoms with Crippen LogP contribution in [0.2, 0.25) is 0 Å². The van der Waals surface area contributed by atoms with Crippen LogP contribution < -0.4 is 0 Å². The number of hydrogen-bond acceptors (Lipinski definition) is 4. The number of thiazole rings is 1. The van der Waals surface area contributed by atoms with Gasteiger partial charge in [-0.3, -0.25) is 4.79 Å². The summed E-state index contributed by atoms with van der Waals surface area (Å²) in [6.45, 7) is 5.78. The molecule has 2 rings (SSSR count). The average molecular weight is 267 g/mol. The molecule has 4 heteroatoms. The van der Waals surface area contributed by atoms with Gasteiger partial charge in [-0.15, -0.1) is 11.3 Å². The molecule has 0 radical (unpaired) electrons. The standard InChI is InChI=1S/C14H21NO2S/c1-9-6-5-7-14(8-9,17-4)13-15-10(2)12(18-13)11(3)16/h9H,5-8H2,1-4H3. The summed E-state index contributed by atoms with van der Waals surface area (Å²) >= 11 is 1.51. The SMILES string of the molecule is COC1(c2nc(C)c(C(C)=O)s2)CCCC(C)C1. The van der Waals surface area contributed by atoms with Gasteiger partial charge in [-0.25, -0.2) is 4.98 Å². The number of nitrogens with zero attached hydrogens (tertiary/aromatic N) is 1. The number of ketones is 1. The second-order valence-electron chi connectivity index (χ2n) is 5.39. The van der Waals surface area contributed by atoms with E-state index < -0.39 is 0 Å². The molecule has 1 aliphatic rings. The van der Waals surface area contributed by atoms with E-state index in [0.717, 1.165) is 28.4 Å². The van der Waals surface area contributed by atoms with E-state index in [-0.39, 0.29) is 11.4 Å². The molecule has 0 aromatic carbocycles. The number of ether oxygens (including phenoxy) is 1. The van der Waals surface area contributed by atoms with Crippen LogP contribution in [0.25, 0.3) is 0 Å². The average Bonchev–Trinajstić information content (AvgIpc) is 2.72. The Morgan fingerprint density at radius 3 is 2.78 bits per heavy atom. The molecule has 1 aliphatic carbocycles. The molecule has 1 fully saturated rings. The van der Waals surface area contributed by atoms with Crippen LogP contribution in [0.4, 0.5) is 0 Å². The number of carbonyl (C=O) groups excluding carboxylic acids is 1. The van der Waals surface area contributed by atoms with Crippen molar-refractivity contribution in [2.45, 2.75) is 52.1 Å². The van der Waals surface area contributed by atoms with E-state index in [4.69, 9.17) is 4.74 Å². The molecule has 1 aromatic heterocycles. The van der Waals surface area contributed by atoms with E-state index in [9.17, 15) is 4.79 Å². The maximum atomic E-state index is 11.5. The minimum atomic E-state index is -0.263. The zero-order valence-corrected chi connectivity index (χ0v) is 12.4. The number of rotatable bonds is 3. The summed E-state index contributed by atoms with van der Waals surface area (Å²) < 4.78 is 5.82. The van der Waals surface area contributed by atoms with Crippen LogP contribution in [0.5, 0.6) is 0 Å². The fraction of sp³-hybridized carbons (Fsp3) is 0.714. The van der Waals surface area contributed by atoms with Gasteiger partial charge in [0.05, 0.1) is 10.6 Å². The van der Waals surface area contributed by atoms with E-state index in [0.29, 0.717) is 5.92 Å². The van der Waals surface area contributed by atoms with Gasteiger partial charge in [-0.1, -0.05) is 13.3 Å². The predicted octanol–water partition coefficient (Wildman–Crippen LogP) is 3.71. The molecule has 1 heterocycles. The van der Waals surface area contributed by atoms with E-state index in [1.54, 1.807) is 14.0 Å². The monoisotopic (exact) mass is 267 g/mol. The summed E-state index contributed by atoms with van der Waals surface area (Å²) in [5, 5.41) is 0.985. The highest BCUT2D eigenvalue weighted by atomic mass is 32.1. The van der Waals surface area contributed by atoms with Crippen molar-refractivity contribution in [1.82, 2.24) is 4.98 Å². The van der Waals surface area contributed by atoms with Gasteiger partial charge in [-0.05, 0) is 32.1 Å². The summed E-state index contributed by atoms with van der Waals surface area (Å²) in [5.74, 6) is 0.759. The lowest BCUT2D eigenvalue weighted by molar-refractivity contribution is -0.0581. The van der Waals surface area contributed by atoms with E-state index in [2.05, 4.69) is 11.9 Å². The third kappa shape index (κ3) is 2.36. The number of Topliss-reactive ketones (excluding diaryl/α,β-unsaturated/α-hetero) is 1. The van der Waals surface area contributed by atoms with E-state index in [1.807, 2.05) is 6.92 Å². The Hall–Kier alpha value is -0.740. The number of aromatic nitrogens is 1. The molecule has 2 unspecified atom stereocenters. The topological polar surface area (TPSA) is 39.2 Å². The zero-order chi connectivity index (χ0) is 13.3. The van der Waals surface area contributed by atoms with Gasteiger partial charge in [0.2, 0.25) is 0 Å². The van der Waals surface area contributed by atoms with Crippen molar-refractivity contribution in [1.29, 1.82) is 0 Å². The molecular weight excluding hydrogens is 246 g/mol. The van der Waals surface area contributed by atoms with Gasteiger partial charge in [0.15, 0.2) is 5.78 Å². The summed E-state index contributed by atoms with van der Waals surface area (Å²) in [7, 11) is 1.77. The number of hydrogen-bond donors (Lipinski definition) is 0. The molecule has 0 aliphatic heterocycles. The smallest absolute Gasteiger partial charge is 0.171 e. The first-order chi connectivity index (χ1) is 8.48. The van der Waals surface area contributed by atoms with E-state index in [1.165, 1.54) is 24.2 Å². The lowest BCUT2D eigenvalue weighted by atomic mass is 9.79. The molecule has 100 valence electrons. The maximum Gasteiger partial charge on any atom is 0.171 e. The van der Waals surface area contributed by atoms with Crippen LogP contribution in [-0.4, -0.2) is 17.9 Å². The molecule has 0 saturated heterocycles. The van der Waals surface area contributed by atoms with Gasteiger partial charge in [-0.2, -0.15) is 0 Å². The zero-order valence-electron chi connectivity index (χ0n) is 11.6. The Morgan fingerprint density at radius 1 is 1.56 bits per heavy atom. The van der Waals surface area contributed by atoms with E-state index >= 15 is 0 Å². The predicted molar refractivity (Wildman–Crippen MR) is 73.2 cm³/mol. The minimum Gasteiger partial charge on any atom is -0.371 e. The van der Waals surface area contributed by atoms with Crippen LogP contribution in [0.3, 0.4) is 0 Å². The number of methoxy groups -OCH3 is 1. The molecule has 0 amide bonds. The quantitative estimate of drug-likeness (QED) is 0.784. The number of aryl methyl sites for hydroxylation is 1. The molecule has 0 N–H and O–H groups in total. The van der Waals surface area contributed by atoms with Crippen LogP contribution in [-0.2, 0) is 10.3 Å². The largest absolute Gasteiger partial charge is 0.371 e. The fourth-order valence-corrected chi connectivity index (χ4v) is 4.06. The molecule has 1 saturated carbocycles. The molecule has 0 spiro atoms. The molecule has 18 heavy (non-hydrogen) atoms. The Bertz CT molecular complexity index is 455. The van der Waals surface area contributed by atoms with Crippen molar-refractivity contribution in [3.8, 4) is 0 Å². The van der Waals surface area contributed by atoms with Crippen molar-refractivity contribution in [3.05, 3.63) is 15.6 Å². The third-order valence-electron chi connectivity index (χ3n) is 3.85. The van der Waals surface area contributed by atoms with Gasteiger partial charge < -0.3 is 4.74 Å². The van der Waals surface area contributed by atoms with Crippen LogP contribution in [0.15, 0.2) is 0 Å². The first kappa shape index (κ1) is 13.7. The maximum absolute atomic E-state index is 11.5. The summed E-state index contributed by atoms with van der Waals surface area (Å²) in [6, 6.07) is 0. The van der Waals surface area contributed by atoms with Crippen molar-refractivity contribution < 1.29 is 9.53 Å². The van der Waals surface area contributed by atoms with Crippen molar-refractivity contribution in [3.63, 3.8) is 0 Å².